The van der Waals surface area contributed by atoms with Gasteiger partial charge < -0.3 is 10.3 Å². The molecule has 4 aromatic rings. The molecule has 1 heterocycles. The first kappa shape index (κ1) is 16.4. The van der Waals surface area contributed by atoms with E-state index >= 15 is 0 Å². The number of benzene rings is 3. The van der Waals surface area contributed by atoms with Crippen LogP contribution in [0.25, 0.3) is 11.0 Å². The summed E-state index contributed by atoms with van der Waals surface area (Å²) in [5.41, 5.74) is 3.01. The SMILES string of the molecule is O=C(Nc1ccc(Sc2nc3ccccc3[nH]2)cc1)c1ccc(F)cc1. The van der Waals surface area contributed by atoms with Crippen LogP contribution in [-0.2, 0) is 0 Å². The molecule has 0 saturated carbocycles. The van der Waals surface area contributed by atoms with Crippen molar-refractivity contribution in [3.05, 3.63) is 84.2 Å². The minimum Gasteiger partial charge on any atom is -0.333 e. The van der Waals surface area contributed by atoms with E-state index in [2.05, 4.69) is 15.3 Å². The molecule has 2 N–H and O–H groups in total. The number of imidazole rings is 1. The average molecular weight is 363 g/mol. The van der Waals surface area contributed by atoms with Crippen LogP contribution in [0, 0.1) is 5.82 Å². The first-order valence-electron chi connectivity index (χ1n) is 7.97. The molecule has 4 rings (SSSR count). The minimum absolute atomic E-state index is 0.275. The number of hydrogen-bond donors (Lipinski definition) is 2. The van der Waals surface area contributed by atoms with E-state index in [4.69, 9.17) is 0 Å². The zero-order chi connectivity index (χ0) is 17.9. The fourth-order valence-electron chi connectivity index (χ4n) is 2.50. The number of hydrogen-bond acceptors (Lipinski definition) is 3. The fourth-order valence-corrected chi connectivity index (χ4v) is 3.30. The van der Waals surface area contributed by atoms with Crippen molar-refractivity contribution in [2.24, 2.45) is 0 Å². The lowest BCUT2D eigenvalue weighted by molar-refractivity contribution is 0.102. The summed E-state index contributed by atoms with van der Waals surface area (Å²) in [6.07, 6.45) is 0. The third-order valence-electron chi connectivity index (χ3n) is 3.80. The Balaban J connectivity index is 1.44. The maximum absolute atomic E-state index is 12.9. The lowest BCUT2D eigenvalue weighted by Gasteiger charge is -2.06. The average Bonchev–Trinajstić information content (AvgIpc) is 3.06. The molecule has 0 fully saturated rings. The van der Waals surface area contributed by atoms with Gasteiger partial charge in [-0.2, -0.15) is 0 Å². The number of fused-ring (bicyclic) bond motifs is 1. The standard InChI is InChI=1S/C20H14FN3OS/c21-14-7-5-13(6-8-14)19(25)22-15-9-11-16(12-10-15)26-20-23-17-3-1-2-4-18(17)24-20/h1-12H,(H,22,25)(H,23,24). The van der Waals surface area contributed by atoms with Gasteiger partial charge in [-0.3, -0.25) is 4.79 Å². The summed E-state index contributed by atoms with van der Waals surface area (Å²) in [5.74, 6) is -0.642. The van der Waals surface area contributed by atoms with Crippen LogP contribution in [0.3, 0.4) is 0 Å². The molecule has 1 amide bonds. The Morgan fingerprint density at radius 3 is 2.42 bits per heavy atom. The molecule has 0 unspecified atom stereocenters. The summed E-state index contributed by atoms with van der Waals surface area (Å²) in [7, 11) is 0. The van der Waals surface area contributed by atoms with E-state index in [1.807, 2.05) is 48.5 Å². The van der Waals surface area contributed by atoms with Crippen LogP contribution < -0.4 is 5.32 Å². The number of halogens is 1. The summed E-state index contributed by atoms with van der Waals surface area (Å²) < 4.78 is 12.9. The van der Waals surface area contributed by atoms with Gasteiger partial charge in [-0.1, -0.05) is 23.9 Å². The molecule has 4 nitrogen and oxygen atoms in total. The van der Waals surface area contributed by atoms with Crippen LogP contribution in [0.2, 0.25) is 0 Å². The van der Waals surface area contributed by atoms with Gasteiger partial charge in [-0.25, -0.2) is 9.37 Å². The number of amides is 1. The van der Waals surface area contributed by atoms with Gasteiger partial charge in [-0.05, 0) is 60.7 Å². The van der Waals surface area contributed by atoms with Gasteiger partial charge in [0.2, 0.25) is 0 Å². The molecule has 0 aliphatic rings. The highest BCUT2D eigenvalue weighted by molar-refractivity contribution is 7.99. The fraction of sp³-hybridized carbons (Fsp3) is 0. The highest BCUT2D eigenvalue weighted by atomic mass is 32.2. The largest absolute Gasteiger partial charge is 0.333 e. The lowest BCUT2D eigenvalue weighted by atomic mass is 10.2. The topological polar surface area (TPSA) is 57.8 Å². The molecule has 128 valence electrons. The molecule has 3 aromatic carbocycles. The number of carbonyl (C=O) groups excluding carboxylic acids is 1. The first-order valence-corrected chi connectivity index (χ1v) is 8.79. The second-order valence-electron chi connectivity index (χ2n) is 5.65. The van der Waals surface area contributed by atoms with E-state index in [-0.39, 0.29) is 11.7 Å². The summed E-state index contributed by atoms with van der Waals surface area (Å²) in [6.45, 7) is 0. The van der Waals surface area contributed by atoms with Gasteiger partial charge in [-0.15, -0.1) is 0 Å². The normalized spacial score (nSPS) is 10.8. The summed E-state index contributed by atoms with van der Waals surface area (Å²) in [6, 6.07) is 20.8. The van der Waals surface area contributed by atoms with Crippen LogP contribution in [-0.4, -0.2) is 15.9 Å². The molecule has 1 aromatic heterocycles. The zero-order valence-corrected chi connectivity index (χ0v) is 14.4. The zero-order valence-electron chi connectivity index (χ0n) is 13.6. The van der Waals surface area contributed by atoms with Crippen LogP contribution in [0.5, 0.6) is 0 Å². The number of anilines is 1. The molecule has 0 bridgehead atoms. The number of aromatic amines is 1. The predicted molar refractivity (Wildman–Crippen MR) is 101 cm³/mol. The van der Waals surface area contributed by atoms with Crippen LogP contribution in [0.1, 0.15) is 10.4 Å². The Morgan fingerprint density at radius 1 is 0.962 bits per heavy atom. The molecule has 26 heavy (non-hydrogen) atoms. The molecule has 0 saturated heterocycles. The number of rotatable bonds is 4. The summed E-state index contributed by atoms with van der Waals surface area (Å²) >= 11 is 1.52. The number of nitrogens with zero attached hydrogens (tertiary/aromatic N) is 1. The Bertz CT molecular complexity index is 1030. The minimum atomic E-state index is -0.367. The highest BCUT2D eigenvalue weighted by Gasteiger charge is 2.07. The Hall–Kier alpha value is -3.12. The van der Waals surface area contributed by atoms with Gasteiger partial charge in [0.15, 0.2) is 5.16 Å². The van der Waals surface area contributed by atoms with Crippen molar-refractivity contribution in [2.75, 3.05) is 5.32 Å². The number of aromatic nitrogens is 2. The van der Waals surface area contributed by atoms with Crippen molar-refractivity contribution in [1.29, 1.82) is 0 Å². The van der Waals surface area contributed by atoms with Gasteiger partial charge in [0.1, 0.15) is 5.82 Å². The van der Waals surface area contributed by atoms with Crippen LogP contribution >= 0.6 is 11.8 Å². The molecule has 0 radical (unpaired) electrons. The molecule has 6 heteroatoms. The number of para-hydroxylation sites is 2. The van der Waals surface area contributed by atoms with E-state index < -0.39 is 0 Å². The second kappa shape index (κ2) is 7.01. The van der Waals surface area contributed by atoms with Gasteiger partial charge in [0, 0.05) is 16.1 Å². The molecule has 0 spiro atoms. The second-order valence-corrected chi connectivity index (χ2v) is 6.71. The van der Waals surface area contributed by atoms with Crippen molar-refractivity contribution in [3.63, 3.8) is 0 Å². The number of nitrogens with one attached hydrogen (secondary N) is 2. The predicted octanol–water partition coefficient (Wildman–Crippen LogP) is 5.11. The highest BCUT2D eigenvalue weighted by Crippen LogP contribution is 2.28. The molecule has 0 aliphatic heterocycles. The van der Waals surface area contributed by atoms with Crippen LogP contribution in [0.15, 0.2) is 82.8 Å². The van der Waals surface area contributed by atoms with Gasteiger partial charge >= 0.3 is 0 Å². The maximum Gasteiger partial charge on any atom is 0.255 e. The summed E-state index contributed by atoms with van der Waals surface area (Å²) in [5, 5.41) is 3.61. The Labute approximate surface area is 153 Å². The lowest BCUT2D eigenvalue weighted by Crippen LogP contribution is -2.11. The quantitative estimate of drug-likeness (QED) is 0.530. The van der Waals surface area contributed by atoms with E-state index in [9.17, 15) is 9.18 Å². The number of H-pyrrole nitrogens is 1. The van der Waals surface area contributed by atoms with Crippen LogP contribution in [0.4, 0.5) is 10.1 Å². The summed E-state index contributed by atoms with van der Waals surface area (Å²) in [4.78, 5) is 21.0. The molecule has 0 aliphatic carbocycles. The Kier molecular flexibility index (Phi) is 4.41. The van der Waals surface area contributed by atoms with Crippen molar-refractivity contribution in [3.8, 4) is 0 Å². The van der Waals surface area contributed by atoms with E-state index in [1.54, 1.807) is 0 Å². The molecular formula is C20H14FN3OS. The maximum atomic E-state index is 12.9. The van der Waals surface area contributed by atoms with E-state index in [0.29, 0.717) is 11.3 Å². The molecule has 0 atom stereocenters. The van der Waals surface area contributed by atoms with Crippen molar-refractivity contribution < 1.29 is 9.18 Å². The third kappa shape index (κ3) is 3.60. The van der Waals surface area contributed by atoms with Crippen molar-refractivity contribution in [1.82, 2.24) is 9.97 Å². The smallest absolute Gasteiger partial charge is 0.255 e. The Morgan fingerprint density at radius 2 is 1.69 bits per heavy atom. The van der Waals surface area contributed by atoms with Gasteiger partial charge in [0.25, 0.3) is 5.91 Å². The number of carbonyl (C=O) groups is 1. The van der Waals surface area contributed by atoms with E-state index in [1.165, 1.54) is 36.0 Å². The first-order chi connectivity index (χ1) is 12.7. The third-order valence-corrected chi connectivity index (χ3v) is 4.70. The van der Waals surface area contributed by atoms with E-state index in [0.717, 1.165) is 21.1 Å². The van der Waals surface area contributed by atoms with Gasteiger partial charge in [0.05, 0.1) is 11.0 Å². The van der Waals surface area contributed by atoms with Crippen molar-refractivity contribution in [2.45, 2.75) is 10.1 Å². The van der Waals surface area contributed by atoms with Crippen molar-refractivity contribution >= 4 is 34.4 Å². The molecular weight excluding hydrogens is 349 g/mol. The monoisotopic (exact) mass is 363 g/mol.